The fourth-order valence-electron chi connectivity index (χ4n) is 4.72. The number of nitrogens with one attached hydrogen (secondary N) is 3. The zero-order valence-electron chi connectivity index (χ0n) is 19.8. The lowest BCUT2D eigenvalue weighted by molar-refractivity contribution is 1.02. The molecule has 1 aliphatic rings. The Balaban J connectivity index is 1.28. The van der Waals surface area contributed by atoms with Crippen LogP contribution in [-0.4, -0.2) is 25.1 Å². The Kier molecular flexibility index (Phi) is 4.79. The molecular weight excluding hydrogens is 464 g/mol. The largest absolute Gasteiger partial charge is 0.358 e. The molecule has 0 saturated heterocycles. The predicted octanol–water partition coefficient (Wildman–Crippen LogP) is 7.54. The molecule has 176 valence electrons. The summed E-state index contributed by atoms with van der Waals surface area (Å²) in [6.45, 7) is 6.31. The van der Waals surface area contributed by atoms with Crippen molar-refractivity contribution < 1.29 is 0 Å². The molecule has 0 atom stereocenters. The second-order valence-electron chi connectivity index (χ2n) is 9.43. The highest BCUT2D eigenvalue weighted by atomic mass is 32.1. The van der Waals surface area contributed by atoms with Crippen molar-refractivity contribution in [3.8, 4) is 33.1 Å². The lowest BCUT2D eigenvalue weighted by Crippen LogP contribution is -2.00. The van der Waals surface area contributed by atoms with E-state index in [1.807, 2.05) is 29.9 Å². The smallest absolute Gasteiger partial charge is 0.116 e. The van der Waals surface area contributed by atoms with E-state index in [1.165, 1.54) is 33.5 Å². The molecule has 1 saturated carbocycles. The third kappa shape index (κ3) is 3.69. The van der Waals surface area contributed by atoms with Crippen LogP contribution in [0.2, 0.25) is 0 Å². The van der Waals surface area contributed by atoms with E-state index < -0.39 is 0 Å². The van der Waals surface area contributed by atoms with Crippen LogP contribution in [0, 0.1) is 12.8 Å². The van der Waals surface area contributed by atoms with Crippen LogP contribution in [-0.2, 0) is 0 Å². The van der Waals surface area contributed by atoms with Crippen molar-refractivity contribution in [3.05, 3.63) is 84.3 Å². The Morgan fingerprint density at radius 2 is 1.94 bits per heavy atom. The van der Waals surface area contributed by atoms with Gasteiger partial charge in [0, 0.05) is 49.1 Å². The van der Waals surface area contributed by atoms with E-state index in [9.17, 15) is 0 Å². The van der Waals surface area contributed by atoms with Crippen molar-refractivity contribution in [2.75, 3.05) is 5.32 Å². The van der Waals surface area contributed by atoms with Gasteiger partial charge in [-0.1, -0.05) is 18.7 Å². The van der Waals surface area contributed by atoms with Gasteiger partial charge in [-0.15, -0.1) is 11.3 Å². The van der Waals surface area contributed by atoms with Gasteiger partial charge in [-0.25, -0.2) is 0 Å². The van der Waals surface area contributed by atoms with Crippen LogP contribution in [0.1, 0.15) is 17.7 Å². The average Bonchev–Trinajstić information content (AvgIpc) is 3.30. The Hall–Kier alpha value is -4.23. The van der Waals surface area contributed by atoms with Gasteiger partial charge in [0.15, 0.2) is 0 Å². The summed E-state index contributed by atoms with van der Waals surface area (Å²) in [7, 11) is 0. The number of fused-ring (bicyclic) bond motifs is 2. The number of aromatic nitrogens is 5. The molecule has 36 heavy (non-hydrogen) atoms. The number of allylic oxidation sites excluding steroid dienone is 1. The lowest BCUT2D eigenvalue weighted by Gasteiger charge is -2.09. The highest BCUT2D eigenvalue weighted by molar-refractivity contribution is 7.15. The SMILES string of the molecule is C=C(Nc1cncc(-c2cc3c(-c4cc5c(-c6ccc(C)s6)cccc5[nH]4)n[nH]c3cn2)c1)C1CC1. The monoisotopic (exact) mass is 488 g/mol. The summed E-state index contributed by atoms with van der Waals surface area (Å²) >= 11 is 1.81. The second-order valence-corrected chi connectivity index (χ2v) is 10.7. The Morgan fingerprint density at radius 1 is 1.03 bits per heavy atom. The number of nitrogens with zero attached hydrogens (tertiary/aromatic N) is 3. The van der Waals surface area contributed by atoms with Crippen molar-refractivity contribution in [1.82, 2.24) is 25.1 Å². The van der Waals surface area contributed by atoms with Crippen LogP contribution in [0.4, 0.5) is 5.69 Å². The second kappa shape index (κ2) is 8.17. The van der Waals surface area contributed by atoms with E-state index in [0.29, 0.717) is 5.92 Å². The van der Waals surface area contributed by atoms with Crippen LogP contribution >= 0.6 is 11.3 Å². The van der Waals surface area contributed by atoms with Gasteiger partial charge in [0.05, 0.1) is 35.0 Å². The van der Waals surface area contributed by atoms with Crippen LogP contribution in [0.25, 0.3) is 54.9 Å². The number of rotatable bonds is 6. The summed E-state index contributed by atoms with van der Waals surface area (Å²) in [4.78, 5) is 15.3. The van der Waals surface area contributed by atoms with Gasteiger partial charge in [0.25, 0.3) is 0 Å². The zero-order chi connectivity index (χ0) is 24.2. The molecule has 7 heteroatoms. The highest BCUT2D eigenvalue weighted by Crippen LogP contribution is 2.38. The number of aryl methyl sites for hydroxylation is 1. The lowest BCUT2D eigenvalue weighted by atomic mass is 10.1. The molecule has 1 aliphatic carbocycles. The Morgan fingerprint density at radius 3 is 2.78 bits per heavy atom. The topological polar surface area (TPSA) is 82.3 Å². The molecular formula is C29H24N6S. The molecule has 5 aromatic heterocycles. The summed E-state index contributed by atoms with van der Waals surface area (Å²) in [5, 5.41) is 13.4. The minimum absolute atomic E-state index is 0.581. The van der Waals surface area contributed by atoms with Crippen molar-refractivity contribution in [3.63, 3.8) is 0 Å². The van der Waals surface area contributed by atoms with Gasteiger partial charge >= 0.3 is 0 Å². The maximum Gasteiger partial charge on any atom is 0.116 e. The molecule has 0 radical (unpaired) electrons. The Bertz CT molecular complexity index is 1770. The Labute approximate surface area is 212 Å². The number of aromatic amines is 2. The van der Waals surface area contributed by atoms with Gasteiger partial charge in [-0.2, -0.15) is 5.10 Å². The molecule has 0 unspecified atom stereocenters. The highest BCUT2D eigenvalue weighted by Gasteiger charge is 2.24. The third-order valence-corrected chi connectivity index (χ3v) is 7.82. The molecule has 0 bridgehead atoms. The standard InChI is InChI=1S/C29H24N6S/c1-16-6-9-28(36-16)21-4-3-5-24-22(21)11-26(33-24)29-23-12-25(31-15-27(23)34-35-29)19-10-20(14-30-13-19)32-17(2)18-7-8-18/h3-6,9-15,18,32-33H,2,7-8H2,1H3,(H,34,35). The van der Waals surface area contributed by atoms with Crippen molar-refractivity contribution in [1.29, 1.82) is 0 Å². The number of hydrogen-bond acceptors (Lipinski definition) is 5. The molecule has 5 heterocycles. The molecule has 3 N–H and O–H groups in total. The first-order valence-electron chi connectivity index (χ1n) is 12.1. The fourth-order valence-corrected chi connectivity index (χ4v) is 5.63. The first-order chi connectivity index (χ1) is 17.6. The summed E-state index contributed by atoms with van der Waals surface area (Å²) < 4.78 is 0. The number of hydrogen-bond donors (Lipinski definition) is 3. The molecule has 1 aromatic carbocycles. The summed E-state index contributed by atoms with van der Waals surface area (Å²) in [5.41, 5.74) is 8.87. The number of pyridine rings is 2. The van der Waals surface area contributed by atoms with Crippen molar-refractivity contribution >= 4 is 38.8 Å². The van der Waals surface area contributed by atoms with E-state index in [1.54, 1.807) is 0 Å². The van der Waals surface area contributed by atoms with Gasteiger partial charge in [0.2, 0.25) is 0 Å². The molecule has 0 aliphatic heterocycles. The summed E-state index contributed by atoms with van der Waals surface area (Å²) in [5.74, 6) is 0.581. The van der Waals surface area contributed by atoms with Crippen LogP contribution in [0.3, 0.4) is 0 Å². The molecule has 1 fully saturated rings. The van der Waals surface area contributed by atoms with Crippen molar-refractivity contribution in [2.45, 2.75) is 19.8 Å². The molecule has 7 rings (SSSR count). The maximum atomic E-state index is 4.68. The number of thiophene rings is 1. The minimum atomic E-state index is 0.581. The average molecular weight is 489 g/mol. The van der Waals surface area contributed by atoms with E-state index in [-0.39, 0.29) is 0 Å². The van der Waals surface area contributed by atoms with Crippen LogP contribution in [0.5, 0.6) is 0 Å². The quantitative estimate of drug-likeness (QED) is 0.226. The summed E-state index contributed by atoms with van der Waals surface area (Å²) in [6.07, 6.45) is 7.94. The third-order valence-electron chi connectivity index (χ3n) is 6.78. The molecule has 0 spiro atoms. The number of anilines is 1. The van der Waals surface area contributed by atoms with Gasteiger partial charge in [0.1, 0.15) is 5.69 Å². The van der Waals surface area contributed by atoms with E-state index in [4.69, 9.17) is 0 Å². The predicted molar refractivity (Wildman–Crippen MR) is 148 cm³/mol. The van der Waals surface area contributed by atoms with Gasteiger partial charge in [-0.05, 0) is 62.1 Å². The summed E-state index contributed by atoms with van der Waals surface area (Å²) in [6, 6.07) is 17.1. The first kappa shape index (κ1) is 21.1. The van der Waals surface area contributed by atoms with Crippen LogP contribution in [0.15, 0.2) is 79.4 Å². The zero-order valence-corrected chi connectivity index (χ0v) is 20.6. The fraction of sp³-hybridized carbons (Fsp3) is 0.138. The molecule has 6 nitrogen and oxygen atoms in total. The molecule has 0 amide bonds. The van der Waals surface area contributed by atoms with E-state index >= 15 is 0 Å². The normalized spacial score (nSPS) is 13.5. The minimum Gasteiger partial charge on any atom is -0.358 e. The van der Waals surface area contributed by atoms with E-state index in [2.05, 4.69) is 92.5 Å². The maximum absolute atomic E-state index is 4.68. The number of benzene rings is 1. The van der Waals surface area contributed by atoms with Crippen LogP contribution < -0.4 is 5.32 Å². The van der Waals surface area contributed by atoms with Crippen molar-refractivity contribution in [2.24, 2.45) is 5.92 Å². The molecule has 6 aromatic rings. The first-order valence-corrected chi connectivity index (χ1v) is 12.9. The number of H-pyrrole nitrogens is 2. The van der Waals surface area contributed by atoms with Gasteiger partial charge in [-0.3, -0.25) is 15.1 Å². The van der Waals surface area contributed by atoms with Gasteiger partial charge < -0.3 is 10.3 Å². The van der Waals surface area contributed by atoms with E-state index in [0.717, 1.165) is 50.4 Å².